The molecule has 0 spiro atoms. The Morgan fingerprint density at radius 3 is 2.94 bits per heavy atom. The van der Waals surface area contributed by atoms with Crippen LogP contribution in [0.15, 0.2) is 22.7 Å². The summed E-state index contributed by atoms with van der Waals surface area (Å²) in [5, 5.41) is 13.2. The summed E-state index contributed by atoms with van der Waals surface area (Å²) in [6.45, 7) is 3.00. The first-order valence-corrected chi connectivity index (χ1v) is 7.11. The smallest absolute Gasteiger partial charge is 0.0555 e. The molecule has 2 atom stereocenters. The molecule has 0 aromatic heterocycles. The largest absolute Gasteiger partial charge is 0.393 e. The van der Waals surface area contributed by atoms with Gasteiger partial charge in [-0.15, -0.1) is 0 Å². The molecule has 2 unspecified atom stereocenters. The highest BCUT2D eigenvalue weighted by atomic mass is 79.9. The number of aliphatic hydroxyl groups excluding tert-OH is 1. The molecule has 0 bridgehead atoms. The van der Waals surface area contributed by atoms with Crippen LogP contribution in [0.3, 0.4) is 0 Å². The van der Waals surface area contributed by atoms with Crippen molar-refractivity contribution in [1.82, 2.24) is 5.32 Å². The van der Waals surface area contributed by atoms with Gasteiger partial charge in [0.1, 0.15) is 0 Å². The van der Waals surface area contributed by atoms with Crippen LogP contribution in [0.4, 0.5) is 0 Å². The van der Waals surface area contributed by atoms with Gasteiger partial charge in [-0.25, -0.2) is 0 Å². The Bertz CT molecular complexity index is 380. The third-order valence-corrected chi connectivity index (χ3v) is 4.35. The zero-order valence-electron chi connectivity index (χ0n) is 10.2. The first kappa shape index (κ1) is 13.1. The van der Waals surface area contributed by atoms with Gasteiger partial charge in [0.25, 0.3) is 0 Å². The van der Waals surface area contributed by atoms with E-state index in [0.717, 1.165) is 30.3 Å². The summed E-state index contributed by atoms with van der Waals surface area (Å²) in [5.41, 5.74) is 2.58. The lowest BCUT2D eigenvalue weighted by Crippen LogP contribution is -2.35. The lowest BCUT2D eigenvalue weighted by molar-refractivity contribution is 0.111. The molecule has 17 heavy (non-hydrogen) atoms. The van der Waals surface area contributed by atoms with E-state index in [4.69, 9.17) is 0 Å². The summed E-state index contributed by atoms with van der Waals surface area (Å²) in [7, 11) is 0. The number of halogens is 1. The molecule has 2 rings (SSSR count). The average molecular weight is 298 g/mol. The molecule has 0 radical (unpaired) electrons. The predicted molar refractivity (Wildman–Crippen MR) is 74.0 cm³/mol. The van der Waals surface area contributed by atoms with Crippen molar-refractivity contribution >= 4 is 15.9 Å². The summed E-state index contributed by atoms with van der Waals surface area (Å²) in [6, 6.07) is 6.92. The number of aliphatic hydroxyl groups is 1. The van der Waals surface area contributed by atoms with Crippen molar-refractivity contribution in [1.29, 1.82) is 0 Å². The third kappa shape index (κ3) is 3.80. The van der Waals surface area contributed by atoms with Crippen LogP contribution in [0.1, 0.15) is 36.8 Å². The van der Waals surface area contributed by atoms with E-state index in [0.29, 0.717) is 6.04 Å². The fourth-order valence-electron chi connectivity index (χ4n) is 2.43. The zero-order valence-corrected chi connectivity index (χ0v) is 11.8. The molecule has 1 fully saturated rings. The van der Waals surface area contributed by atoms with Crippen molar-refractivity contribution in [3.8, 4) is 0 Å². The van der Waals surface area contributed by atoms with Crippen LogP contribution < -0.4 is 5.32 Å². The van der Waals surface area contributed by atoms with Gasteiger partial charge in [0.15, 0.2) is 0 Å². The molecule has 94 valence electrons. The summed E-state index contributed by atoms with van der Waals surface area (Å²) >= 11 is 3.51. The first-order valence-electron chi connectivity index (χ1n) is 6.31. The van der Waals surface area contributed by atoms with E-state index in [9.17, 15) is 5.11 Å². The molecular formula is C14H20BrNO. The van der Waals surface area contributed by atoms with Crippen molar-refractivity contribution < 1.29 is 5.11 Å². The van der Waals surface area contributed by atoms with Crippen LogP contribution in [0.5, 0.6) is 0 Å². The minimum atomic E-state index is -0.104. The minimum absolute atomic E-state index is 0.104. The van der Waals surface area contributed by atoms with Gasteiger partial charge >= 0.3 is 0 Å². The lowest BCUT2D eigenvalue weighted by Gasteiger charge is -2.26. The maximum atomic E-state index is 9.61. The van der Waals surface area contributed by atoms with Gasteiger partial charge in [-0.1, -0.05) is 28.1 Å². The fraction of sp³-hybridized carbons (Fsp3) is 0.571. The van der Waals surface area contributed by atoms with Crippen LogP contribution in [-0.2, 0) is 6.54 Å². The number of hydrogen-bond donors (Lipinski definition) is 2. The topological polar surface area (TPSA) is 32.3 Å². The van der Waals surface area contributed by atoms with Gasteiger partial charge < -0.3 is 10.4 Å². The molecule has 1 aliphatic carbocycles. The number of nitrogens with one attached hydrogen (secondary N) is 1. The van der Waals surface area contributed by atoms with Crippen LogP contribution >= 0.6 is 15.9 Å². The number of aryl methyl sites for hydroxylation is 1. The van der Waals surface area contributed by atoms with Crippen molar-refractivity contribution in [3.05, 3.63) is 33.8 Å². The van der Waals surface area contributed by atoms with Gasteiger partial charge in [-0.05, 0) is 49.8 Å². The van der Waals surface area contributed by atoms with Gasteiger partial charge in [0.2, 0.25) is 0 Å². The lowest BCUT2D eigenvalue weighted by atomic mass is 9.93. The highest BCUT2D eigenvalue weighted by Gasteiger charge is 2.19. The quantitative estimate of drug-likeness (QED) is 0.898. The molecule has 1 saturated carbocycles. The van der Waals surface area contributed by atoms with Crippen LogP contribution in [0, 0.1) is 6.92 Å². The Kier molecular flexibility index (Phi) is 4.60. The molecule has 0 heterocycles. The summed E-state index contributed by atoms with van der Waals surface area (Å²) in [6.07, 6.45) is 4.09. The summed E-state index contributed by atoms with van der Waals surface area (Å²) in [4.78, 5) is 0. The number of hydrogen-bond acceptors (Lipinski definition) is 2. The Hall–Kier alpha value is -0.380. The minimum Gasteiger partial charge on any atom is -0.393 e. The monoisotopic (exact) mass is 297 g/mol. The average Bonchev–Trinajstić information content (AvgIpc) is 2.31. The van der Waals surface area contributed by atoms with E-state index < -0.39 is 0 Å². The van der Waals surface area contributed by atoms with E-state index in [1.54, 1.807) is 0 Å². The van der Waals surface area contributed by atoms with E-state index in [1.165, 1.54) is 17.5 Å². The van der Waals surface area contributed by atoms with Crippen LogP contribution in [-0.4, -0.2) is 17.3 Å². The van der Waals surface area contributed by atoms with Gasteiger partial charge in [-0.3, -0.25) is 0 Å². The SMILES string of the molecule is Cc1cc(CNC2CCCC(O)C2)ccc1Br. The third-order valence-electron chi connectivity index (χ3n) is 3.46. The highest BCUT2D eigenvalue weighted by molar-refractivity contribution is 9.10. The fourth-order valence-corrected chi connectivity index (χ4v) is 2.67. The highest BCUT2D eigenvalue weighted by Crippen LogP contribution is 2.20. The molecule has 2 nitrogen and oxygen atoms in total. The van der Waals surface area contributed by atoms with Crippen molar-refractivity contribution in [3.63, 3.8) is 0 Å². The maximum Gasteiger partial charge on any atom is 0.0555 e. The molecule has 0 amide bonds. The van der Waals surface area contributed by atoms with E-state index in [-0.39, 0.29) is 6.10 Å². The second kappa shape index (κ2) is 5.98. The normalized spacial score (nSPS) is 24.9. The molecule has 1 aromatic rings. The standard InChI is InChI=1S/C14H20BrNO/c1-10-7-11(5-6-14(10)15)9-16-12-3-2-4-13(17)8-12/h5-7,12-13,16-17H,2-4,8-9H2,1H3. The maximum absolute atomic E-state index is 9.61. The molecule has 2 N–H and O–H groups in total. The second-order valence-electron chi connectivity index (χ2n) is 4.98. The molecule has 0 aliphatic heterocycles. The van der Waals surface area contributed by atoms with Gasteiger partial charge in [0, 0.05) is 17.1 Å². The summed E-state index contributed by atoms with van der Waals surface area (Å²) < 4.78 is 1.16. The zero-order chi connectivity index (χ0) is 12.3. The molecule has 1 aliphatic rings. The Balaban J connectivity index is 1.86. The van der Waals surface area contributed by atoms with Crippen molar-refractivity contribution in [2.75, 3.05) is 0 Å². The molecule has 0 saturated heterocycles. The molecule has 1 aromatic carbocycles. The van der Waals surface area contributed by atoms with E-state index in [1.807, 2.05) is 0 Å². The van der Waals surface area contributed by atoms with Crippen molar-refractivity contribution in [2.24, 2.45) is 0 Å². The Morgan fingerprint density at radius 2 is 2.24 bits per heavy atom. The second-order valence-corrected chi connectivity index (χ2v) is 5.84. The van der Waals surface area contributed by atoms with Crippen LogP contribution in [0.2, 0.25) is 0 Å². The van der Waals surface area contributed by atoms with Crippen molar-refractivity contribution in [2.45, 2.75) is 51.3 Å². The first-order chi connectivity index (χ1) is 8.15. The Labute approximate surface area is 112 Å². The van der Waals surface area contributed by atoms with Crippen LogP contribution in [0.25, 0.3) is 0 Å². The van der Waals surface area contributed by atoms with E-state index >= 15 is 0 Å². The van der Waals surface area contributed by atoms with Gasteiger partial charge in [0.05, 0.1) is 6.10 Å². The number of rotatable bonds is 3. The molecular weight excluding hydrogens is 278 g/mol. The Morgan fingerprint density at radius 1 is 1.41 bits per heavy atom. The van der Waals surface area contributed by atoms with Gasteiger partial charge in [-0.2, -0.15) is 0 Å². The predicted octanol–water partition coefficient (Wildman–Crippen LogP) is 3.15. The molecule has 3 heteroatoms. The van der Waals surface area contributed by atoms with E-state index in [2.05, 4.69) is 46.4 Å². The number of benzene rings is 1. The summed E-state index contributed by atoms with van der Waals surface area (Å²) in [5.74, 6) is 0.